The number of para-hydroxylation sites is 1. The summed E-state index contributed by atoms with van der Waals surface area (Å²) in [6.45, 7) is 0. The van der Waals surface area contributed by atoms with Gasteiger partial charge in [-0.3, -0.25) is 4.79 Å². The van der Waals surface area contributed by atoms with Gasteiger partial charge in [0.15, 0.2) is 0 Å². The SMILES string of the molecule is CN(C(=O)CCCc1nc2ccccc2s1)C1CCCCCC1. The first-order valence-corrected chi connectivity index (χ1v) is 9.66. The largest absolute Gasteiger partial charge is 0.343 e. The molecule has 3 rings (SSSR count). The number of hydrogen-bond acceptors (Lipinski definition) is 3. The zero-order valence-corrected chi connectivity index (χ0v) is 14.8. The van der Waals surface area contributed by atoms with Crippen LogP contribution in [-0.4, -0.2) is 28.9 Å². The summed E-state index contributed by atoms with van der Waals surface area (Å²) in [5.41, 5.74) is 1.08. The first-order valence-electron chi connectivity index (χ1n) is 8.84. The molecule has 0 atom stereocenters. The topological polar surface area (TPSA) is 33.2 Å². The lowest BCUT2D eigenvalue weighted by Gasteiger charge is -2.27. The van der Waals surface area contributed by atoms with Crippen LogP contribution < -0.4 is 0 Å². The van der Waals surface area contributed by atoms with Crippen LogP contribution in [0.15, 0.2) is 24.3 Å². The average molecular weight is 330 g/mol. The highest BCUT2D eigenvalue weighted by atomic mass is 32.1. The number of thiazole rings is 1. The van der Waals surface area contributed by atoms with Gasteiger partial charge in [0.25, 0.3) is 0 Å². The van der Waals surface area contributed by atoms with Gasteiger partial charge in [-0.2, -0.15) is 0 Å². The fourth-order valence-electron chi connectivity index (χ4n) is 3.44. The number of rotatable bonds is 5. The molecule has 3 nitrogen and oxygen atoms in total. The Hall–Kier alpha value is -1.42. The van der Waals surface area contributed by atoms with Crippen LogP contribution in [0.5, 0.6) is 0 Å². The van der Waals surface area contributed by atoms with Crippen molar-refractivity contribution in [2.24, 2.45) is 0 Å². The van der Waals surface area contributed by atoms with Crippen LogP contribution in [0, 0.1) is 0 Å². The van der Waals surface area contributed by atoms with Gasteiger partial charge in [0, 0.05) is 19.5 Å². The molecule has 1 amide bonds. The zero-order chi connectivity index (χ0) is 16.1. The molecule has 0 radical (unpaired) electrons. The molecule has 1 aromatic carbocycles. The van der Waals surface area contributed by atoms with Crippen LogP contribution in [0.25, 0.3) is 10.2 Å². The van der Waals surface area contributed by atoms with Gasteiger partial charge in [-0.05, 0) is 37.8 Å². The molecule has 1 saturated carbocycles. The number of fused-ring (bicyclic) bond motifs is 1. The number of nitrogens with zero attached hydrogens (tertiary/aromatic N) is 2. The molecule has 1 heterocycles. The number of hydrogen-bond donors (Lipinski definition) is 0. The standard InChI is InChI=1S/C19H26N2OS/c1-21(15-9-4-2-3-5-10-15)19(22)14-8-13-18-20-16-11-6-7-12-17(16)23-18/h6-7,11-12,15H,2-5,8-10,13-14H2,1H3. The van der Waals surface area contributed by atoms with Crippen LogP contribution in [0.4, 0.5) is 0 Å². The van der Waals surface area contributed by atoms with Gasteiger partial charge >= 0.3 is 0 Å². The van der Waals surface area contributed by atoms with Gasteiger partial charge in [-0.15, -0.1) is 11.3 Å². The second-order valence-electron chi connectivity index (χ2n) is 6.58. The normalized spacial score (nSPS) is 16.4. The van der Waals surface area contributed by atoms with Crippen molar-refractivity contribution in [1.29, 1.82) is 0 Å². The molecule has 23 heavy (non-hydrogen) atoms. The van der Waals surface area contributed by atoms with Crippen LogP contribution in [0.1, 0.15) is 56.4 Å². The Kier molecular flexibility index (Phi) is 5.65. The van der Waals surface area contributed by atoms with E-state index in [0.717, 1.165) is 23.4 Å². The van der Waals surface area contributed by atoms with Crippen molar-refractivity contribution < 1.29 is 4.79 Å². The van der Waals surface area contributed by atoms with Crippen LogP contribution in [-0.2, 0) is 11.2 Å². The maximum Gasteiger partial charge on any atom is 0.222 e. The molecule has 0 saturated heterocycles. The van der Waals surface area contributed by atoms with Crippen molar-refractivity contribution in [3.05, 3.63) is 29.3 Å². The summed E-state index contributed by atoms with van der Waals surface area (Å²) in [7, 11) is 2.00. The van der Waals surface area contributed by atoms with E-state index in [-0.39, 0.29) is 0 Å². The summed E-state index contributed by atoms with van der Waals surface area (Å²) in [5.74, 6) is 0.304. The first-order chi connectivity index (χ1) is 11.2. The molecule has 1 aliphatic rings. The molecular weight excluding hydrogens is 304 g/mol. The minimum atomic E-state index is 0.304. The maximum atomic E-state index is 12.4. The molecule has 0 spiro atoms. The molecule has 4 heteroatoms. The van der Waals surface area contributed by atoms with Crippen LogP contribution in [0.2, 0.25) is 0 Å². The van der Waals surface area contributed by atoms with Crippen molar-refractivity contribution in [2.45, 2.75) is 63.8 Å². The number of benzene rings is 1. The molecular formula is C19H26N2OS. The van der Waals surface area contributed by atoms with E-state index in [9.17, 15) is 4.79 Å². The molecule has 2 aromatic rings. The van der Waals surface area contributed by atoms with Crippen LogP contribution >= 0.6 is 11.3 Å². The second-order valence-corrected chi connectivity index (χ2v) is 7.69. The Morgan fingerprint density at radius 2 is 1.96 bits per heavy atom. The first kappa shape index (κ1) is 16.4. The van der Waals surface area contributed by atoms with E-state index in [4.69, 9.17) is 0 Å². The minimum absolute atomic E-state index is 0.304. The Labute approximate surface area is 142 Å². The Balaban J connectivity index is 1.48. The number of carbonyl (C=O) groups excluding carboxylic acids is 1. The molecule has 1 fully saturated rings. The molecule has 124 valence electrons. The van der Waals surface area contributed by atoms with Gasteiger partial charge in [0.1, 0.15) is 0 Å². The third-order valence-electron chi connectivity index (χ3n) is 4.89. The van der Waals surface area contributed by atoms with Crippen molar-refractivity contribution in [3.63, 3.8) is 0 Å². The van der Waals surface area contributed by atoms with E-state index < -0.39 is 0 Å². The van der Waals surface area contributed by atoms with Gasteiger partial charge in [0.05, 0.1) is 15.2 Å². The number of aromatic nitrogens is 1. The third-order valence-corrected chi connectivity index (χ3v) is 5.98. The maximum absolute atomic E-state index is 12.4. The Bertz CT molecular complexity index is 611. The van der Waals surface area contributed by atoms with E-state index >= 15 is 0 Å². The highest BCUT2D eigenvalue weighted by Crippen LogP contribution is 2.24. The van der Waals surface area contributed by atoms with Crippen molar-refractivity contribution in [1.82, 2.24) is 9.88 Å². The van der Waals surface area contributed by atoms with E-state index in [0.29, 0.717) is 18.4 Å². The number of carbonyl (C=O) groups is 1. The molecule has 0 aliphatic heterocycles. The van der Waals surface area contributed by atoms with Crippen LogP contribution in [0.3, 0.4) is 0 Å². The lowest BCUT2D eigenvalue weighted by molar-refractivity contribution is -0.132. The van der Waals surface area contributed by atoms with Crippen molar-refractivity contribution in [3.8, 4) is 0 Å². The monoisotopic (exact) mass is 330 g/mol. The molecule has 1 aromatic heterocycles. The molecule has 0 N–H and O–H groups in total. The quantitative estimate of drug-likeness (QED) is 0.738. The second kappa shape index (κ2) is 7.91. The van der Waals surface area contributed by atoms with E-state index in [1.165, 1.54) is 43.2 Å². The fourth-order valence-corrected chi connectivity index (χ4v) is 4.45. The smallest absolute Gasteiger partial charge is 0.222 e. The number of aryl methyl sites for hydroxylation is 1. The molecule has 1 aliphatic carbocycles. The highest BCUT2D eigenvalue weighted by molar-refractivity contribution is 7.18. The number of amides is 1. The summed E-state index contributed by atoms with van der Waals surface area (Å²) >= 11 is 1.75. The fraction of sp³-hybridized carbons (Fsp3) is 0.579. The van der Waals surface area contributed by atoms with E-state index in [1.807, 2.05) is 18.0 Å². The molecule has 0 unspecified atom stereocenters. The zero-order valence-electron chi connectivity index (χ0n) is 14.0. The predicted octanol–water partition coefficient (Wildman–Crippen LogP) is 4.80. The van der Waals surface area contributed by atoms with Crippen molar-refractivity contribution >= 4 is 27.5 Å². The Morgan fingerprint density at radius 1 is 1.22 bits per heavy atom. The lowest BCUT2D eigenvalue weighted by Crippen LogP contribution is -2.36. The lowest BCUT2D eigenvalue weighted by atomic mass is 10.1. The van der Waals surface area contributed by atoms with Crippen molar-refractivity contribution in [2.75, 3.05) is 7.05 Å². The summed E-state index contributed by atoms with van der Waals surface area (Å²) in [6.07, 6.45) is 10.0. The third kappa shape index (κ3) is 4.31. The van der Waals surface area contributed by atoms with Gasteiger partial charge < -0.3 is 4.90 Å². The van der Waals surface area contributed by atoms with Gasteiger partial charge in [-0.25, -0.2) is 4.98 Å². The summed E-state index contributed by atoms with van der Waals surface area (Å²) < 4.78 is 1.24. The highest BCUT2D eigenvalue weighted by Gasteiger charge is 2.20. The predicted molar refractivity (Wildman–Crippen MR) is 96.8 cm³/mol. The van der Waals surface area contributed by atoms with E-state index in [2.05, 4.69) is 23.2 Å². The summed E-state index contributed by atoms with van der Waals surface area (Å²) in [4.78, 5) is 19.1. The van der Waals surface area contributed by atoms with E-state index in [1.54, 1.807) is 11.3 Å². The van der Waals surface area contributed by atoms with Gasteiger partial charge in [0.2, 0.25) is 5.91 Å². The summed E-state index contributed by atoms with van der Waals surface area (Å²) in [5, 5.41) is 1.15. The average Bonchev–Trinajstić information content (AvgIpc) is 2.78. The minimum Gasteiger partial charge on any atom is -0.343 e. The Morgan fingerprint density at radius 3 is 2.70 bits per heavy atom. The summed E-state index contributed by atoms with van der Waals surface area (Å²) in [6, 6.07) is 8.71. The van der Waals surface area contributed by atoms with Gasteiger partial charge in [-0.1, -0.05) is 37.8 Å². The molecule has 0 bridgehead atoms.